The molecule has 3 aromatic heterocycles. The van der Waals surface area contributed by atoms with Gasteiger partial charge in [0.1, 0.15) is 5.82 Å². The molecule has 1 N–H and O–H groups in total. The van der Waals surface area contributed by atoms with E-state index in [1.54, 1.807) is 10.7 Å². The molecule has 0 radical (unpaired) electrons. The van der Waals surface area contributed by atoms with Crippen LogP contribution in [-0.2, 0) is 6.42 Å². The van der Waals surface area contributed by atoms with Crippen molar-refractivity contribution in [2.75, 3.05) is 11.9 Å². The highest BCUT2D eigenvalue weighted by atomic mass is 15.2. The maximum Gasteiger partial charge on any atom is 0.157 e. The molecule has 3 rings (SSSR count). The molecule has 90 valence electrons. The Morgan fingerprint density at radius 1 is 1.06 bits per heavy atom. The van der Waals surface area contributed by atoms with Crippen molar-refractivity contribution in [2.24, 2.45) is 0 Å². The molecule has 0 unspecified atom stereocenters. The summed E-state index contributed by atoms with van der Waals surface area (Å²) in [6, 6.07) is 7.85. The number of anilines is 1. The monoisotopic (exact) mass is 239 g/mol. The molecule has 0 fully saturated rings. The van der Waals surface area contributed by atoms with Crippen LogP contribution >= 0.6 is 0 Å². The molecule has 0 aromatic carbocycles. The van der Waals surface area contributed by atoms with Crippen LogP contribution in [0.1, 0.15) is 5.56 Å². The van der Waals surface area contributed by atoms with E-state index in [4.69, 9.17) is 0 Å². The molecule has 5 heteroatoms. The normalized spacial score (nSPS) is 10.7. The fourth-order valence-electron chi connectivity index (χ4n) is 1.80. The SMILES string of the molecule is c1cc(CCNc2ccn3nccc3n2)ccn1. The van der Waals surface area contributed by atoms with Gasteiger partial charge in [-0.2, -0.15) is 5.10 Å². The average molecular weight is 239 g/mol. The van der Waals surface area contributed by atoms with Crippen LogP contribution in [0.4, 0.5) is 5.82 Å². The zero-order chi connectivity index (χ0) is 12.2. The van der Waals surface area contributed by atoms with Gasteiger partial charge in [0.05, 0.1) is 6.20 Å². The number of hydrogen-bond donors (Lipinski definition) is 1. The van der Waals surface area contributed by atoms with E-state index in [1.807, 2.05) is 42.9 Å². The molecule has 0 saturated carbocycles. The third-order valence-corrected chi connectivity index (χ3v) is 2.73. The van der Waals surface area contributed by atoms with Crippen LogP contribution < -0.4 is 5.32 Å². The largest absolute Gasteiger partial charge is 0.370 e. The van der Waals surface area contributed by atoms with Crippen LogP contribution in [0.3, 0.4) is 0 Å². The average Bonchev–Trinajstić information content (AvgIpc) is 2.87. The maximum atomic E-state index is 4.44. The Morgan fingerprint density at radius 3 is 2.83 bits per heavy atom. The molecule has 0 amide bonds. The number of aromatic nitrogens is 4. The highest BCUT2D eigenvalue weighted by molar-refractivity contribution is 5.45. The Bertz CT molecular complexity index is 632. The lowest BCUT2D eigenvalue weighted by molar-refractivity contribution is 0.932. The van der Waals surface area contributed by atoms with Gasteiger partial charge in [-0.15, -0.1) is 0 Å². The zero-order valence-corrected chi connectivity index (χ0v) is 9.82. The van der Waals surface area contributed by atoms with Crippen LogP contribution in [0.25, 0.3) is 5.65 Å². The van der Waals surface area contributed by atoms with Crippen molar-refractivity contribution in [3.63, 3.8) is 0 Å². The third kappa shape index (κ3) is 2.29. The van der Waals surface area contributed by atoms with Crippen LogP contribution in [0, 0.1) is 0 Å². The number of pyridine rings is 1. The Kier molecular flexibility index (Phi) is 2.87. The van der Waals surface area contributed by atoms with Gasteiger partial charge in [-0.25, -0.2) is 9.50 Å². The first kappa shape index (κ1) is 10.7. The molecule has 0 atom stereocenters. The van der Waals surface area contributed by atoms with Gasteiger partial charge in [0.15, 0.2) is 5.65 Å². The second-order valence-electron chi connectivity index (χ2n) is 3.98. The number of nitrogens with zero attached hydrogens (tertiary/aromatic N) is 4. The molecule has 0 aliphatic heterocycles. The summed E-state index contributed by atoms with van der Waals surface area (Å²) in [5, 5.41) is 7.41. The van der Waals surface area contributed by atoms with Gasteiger partial charge in [-0.05, 0) is 30.2 Å². The summed E-state index contributed by atoms with van der Waals surface area (Å²) in [5.74, 6) is 0.872. The fourth-order valence-corrected chi connectivity index (χ4v) is 1.80. The van der Waals surface area contributed by atoms with Crippen molar-refractivity contribution >= 4 is 11.5 Å². The highest BCUT2D eigenvalue weighted by Gasteiger charge is 1.98. The van der Waals surface area contributed by atoms with Crippen LogP contribution in [0.5, 0.6) is 0 Å². The van der Waals surface area contributed by atoms with Crippen LogP contribution in [0.15, 0.2) is 49.1 Å². The van der Waals surface area contributed by atoms with E-state index < -0.39 is 0 Å². The van der Waals surface area contributed by atoms with Gasteiger partial charge in [0, 0.05) is 31.2 Å². The minimum atomic E-state index is 0.849. The lowest BCUT2D eigenvalue weighted by Gasteiger charge is -2.05. The lowest BCUT2D eigenvalue weighted by Crippen LogP contribution is -2.07. The molecule has 0 saturated heterocycles. The molecular formula is C13H13N5. The van der Waals surface area contributed by atoms with Gasteiger partial charge in [-0.3, -0.25) is 4.98 Å². The quantitative estimate of drug-likeness (QED) is 0.754. The molecular weight excluding hydrogens is 226 g/mol. The van der Waals surface area contributed by atoms with Gasteiger partial charge in [0.2, 0.25) is 0 Å². The third-order valence-electron chi connectivity index (χ3n) is 2.73. The van der Waals surface area contributed by atoms with Gasteiger partial charge < -0.3 is 5.32 Å². The summed E-state index contributed by atoms with van der Waals surface area (Å²) < 4.78 is 1.74. The van der Waals surface area contributed by atoms with E-state index in [2.05, 4.69) is 20.4 Å². The minimum absolute atomic E-state index is 0.849. The molecule has 0 bridgehead atoms. The standard InChI is InChI=1S/C13H13N5/c1-6-14-7-2-11(1)3-8-15-12-5-10-18-13(17-12)4-9-16-18/h1-2,4-7,9-10H,3,8H2,(H,15,17). The van der Waals surface area contributed by atoms with Crippen molar-refractivity contribution in [1.82, 2.24) is 19.6 Å². The van der Waals surface area contributed by atoms with Gasteiger partial charge in [0.25, 0.3) is 0 Å². The van der Waals surface area contributed by atoms with E-state index in [0.29, 0.717) is 0 Å². The number of nitrogens with one attached hydrogen (secondary N) is 1. The van der Waals surface area contributed by atoms with Crippen molar-refractivity contribution in [3.8, 4) is 0 Å². The first-order valence-corrected chi connectivity index (χ1v) is 5.85. The lowest BCUT2D eigenvalue weighted by atomic mass is 10.2. The van der Waals surface area contributed by atoms with Crippen molar-refractivity contribution in [1.29, 1.82) is 0 Å². The van der Waals surface area contributed by atoms with Crippen molar-refractivity contribution in [2.45, 2.75) is 6.42 Å². The summed E-state index contributed by atoms with van der Waals surface area (Å²) in [6.45, 7) is 0.849. The molecule has 0 aliphatic carbocycles. The zero-order valence-electron chi connectivity index (χ0n) is 9.82. The van der Waals surface area contributed by atoms with E-state index in [0.717, 1.165) is 24.4 Å². The number of hydrogen-bond acceptors (Lipinski definition) is 4. The first-order chi connectivity index (χ1) is 8.92. The second-order valence-corrected chi connectivity index (χ2v) is 3.98. The Morgan fingerprint density at radius 2 is 1.94 bits per heavy atom. The molecule has 5 nitrogen and oxygen atoms in total. The first-order valence-electron chi connectivity index (χ1n) is 5.85. The predicted molar refractivity (Wildman–Crippen MR) is 69.4 cm³/mol. The van der Waals surface area contributed by atoms with E-state index in [1.165, 1.54) is 5.56 Å². The van der Waals surface area contributed by atoms with Crippen molar-refractivity contribution in [3.05, 3.63) is 54.6 Å². The van der Waals surface area contributed by atoms with Gasteiger partial charge >= 0.3 is 0 Å². The molecule has 3 heterocycles. The summed E-state index contributed by atoms with van der Waals surface area (Å²) in [5.41, 5.74) is 2.12. The van der Waals surface area contributed by atoms with Crippen molar-refractivity contribution < 1.29 is 0 Å². The Hall–Kier alpha value is -2.43. The molecule has 18 heavy (non-hydrogen) atoms. The smallest absolute Gasteiger partial charge is 0.157 e. The molecule has 0 aliphatic rings. The molecule has 0 spiro atoms. The minimum Gasteiger partial charge on any atom is -0.370 e. The topological polar surface area (TPSA) is 55.1 Å². The fraction of sp³-hybridized carbons (Fsp3) is 0.154. The number of fused-ring (bicyclic) bond motifs is 1. The van der Waals surface area contributed by atoms with E-state index in [-0.39, 0.29) is 0 Å². The summed E-state index contributed by atoms with van der Waals surface area (Å²) in [7, 11) is 0. The summed E-state index contributed by atoms with van der Waals surface area (Å²) >= 11 is 0. The highest BCUT2D eigenvalue weighted by Crippen LogP contribution is 2.06. The summed E-state index contributed by atoms with van der Waals surface area (Å²) in [4.78, 5) is 8.44. The maximum absolute atomic E-state index is 4.44. The predicted octanol–water partition coefficient (Wildman–Crippen LogP) is 1.78. The van der Waals surface area contributed by atoms with Gasteiger partial charge in [-0.1, -0.05) is 0 Å². The Labute approximate surface area is 105 Å². The van der Waals surface area contributed by atoms with E-state index in [9.17, 15) is 0 Å². The van der Waals surface area contributed by atoms with E-state index >= 15 is 0 Å². The van der Waals surface area contributed by atoms with Crippen LogP contribution in [-0.4, -0.2) is 26.1 Å². The second kappa shape index (κ2) is 4.83. The van der Waals surface area contributed by atoms with Crippen LogP contribution in [0.2, 0.25) is 0 Å². The molecule has 3 aromatic rings. The number of rotatable bonds is 4. The Balaban J connectivity index is 1.62. The summed E-state index contributed by atoms with van der Waals surface area (Å²) in [6.07, 6.45) is 8.21.